The number of thiol groups is 1. The van der Waals surface area contributed by atoms with Crippen LogP contribution in [-0.2, 0) is 4.79 Å². The molecule has 1 amide bonds. The van der Waals surface area contributed by atoms with E-state index in [1.165, 1.54) is 12.8 Å². The lowest BCUT2D eigenvalue weighted by atomic mass is 9.87. The second-order valence-corrected chi connectivity index (χ2v) is 6.29. The maximum absolute atomic E-state index is 11.8. The van der Waals surface area contributed by atoms with E-state index in [1.807, 2.05) is 0 Å². The van der Waals surface area contributed by atoms with Crippen molar-refractivity contribution < 1.29 is 9.90 Å². The molecule has 0 radical (unpaired) electrons. The molecule has 4 heteroatoms. The van der Waals surface area contributed by atoms with Gasteiger partial charge in [-0.05, 0) is 36.9 Å². The van der Waals surface area contributed by atoms with Gasteiger partial charge in [-0.15, -0.1) is 0 Å². The van der Waals surface area contributed by atoms with E-state index in [-0.39, 0.29) is 23.3 Å². The highest BCUT2D eigenvalue weighted by atomic mass is 32.1. The second-order valence-electron chi connectivity index (χ2n) is 5.98. The predicted molar refractivity (Wildman–Crippen MR) is 71.1 cm³/mol. The van der Waals surface area contributed by atoms with Crippen molar-refractivity contribution in [2.45, 2.75) is 44.9 Å². The summed E-state index contributed by atoms with van der Waals surface area (Å²) in [6, 6.07) is 0. The molecule has 98 valence electrons. The fraction of sp³-hybridized carbons (Fsp3) is 0.923. The molecule has 3 nitrogen and oxygen atoms in total. The van der Waals surface area contributed by atoms with Gasteiger partial charge in [-0.1, -0.05) is 12.8 Å². The number of aliphatic hydroxyl groups excluding tert-OH is 1. The van der Waals surface area contributed by atoms with Crippen LogP contribution in [0.2, 0.25) is 0 Å². The third-order valence-electron chi connectivity index (χ3n) is 4.49. The quantitative estimate of drug-likeness (QED) is 0.635. The molecule has 0 saturated heterocycles. The number of carbonyl (C=O) groups is 1. The number of nitrogens with one attached hydrogen (secondary N) is 1. The molecule has 0 unspecified atom stereocenters. The Kier molecular flexibility index (Phi) is 4.03. The number of hydrogen-bond acceptors (Lipinski definition) is 3. The van der Waals surface area contributed by atoms with Crippen molar-refractivity contribution in [1.82, 2.24) is 5.32 Å². The maximum Gasteiger partial charge on any atom is 0.220 e. The van der Waals surface area contributed by atoms with E-state index in [4.69, 9.17) is 0 Å². The predicted octanol–water partition coefficient (Wildman–Crippen LogP) is 1.76. The lowest BCUT2D eigenvalue weighted by Crippen LogP contribution is -2.39. The van der Waals surface area contributed by atoms with Crippen LogP contribution in [0.3, 0.4) is 0 Å². The van der Waals surface area contributed by atoms with Gasteiger partial charge in [0.25, 0.3) is 0 Å². The largest absolute Gasteiger partial charge is 0.396 e. The Morgan fingerprint density at radius 1 is 1.18 bits per heavy atom. The molecule has 2 aliphatic rings. The van der Waals surface area contributed by atoms with Crippen LogP contribution >= 0.6 is 12.6 Å². The monoisotopic (exact) mass is 257 g/mol. The van der Waals surface area contributed by atoms with Gasteiger partial charge in [-0.25, -0.2) is 0 Å². The molecule has 17 heavy (non-hydrogen) atoms. The summed E-state index contributed by atoms with van der Waals surface area (Å²) >= 11 is 4.31. The molecule has 2 saturated carbocycles. The standard InChI is InChI=1S/C13H23NO2S/c15-9-13(3-1-2-4-13)8-14-11(16)7-12(10-17)5-6-12/h15,17H,1-10H2,(H,14,16). The molecular weight excluding hydrogens is 234 g/mol. The van der Waals surface area contributed by atoms with Crippen LogP contribution in [0.25, 0.3) is 0 Å². The summed E-state index contributed by atoms with van der Waals surface area (Å²) in [6.07, 6.45) is 7.32. The molecule has 2 N–H and O–H groups in total. The van der Waals surface area contributed by atoms with E-state index in [2.05, 4.69) is 17.9 Å². The molecule has 0 heterocycles. The first-order chi connectivity index (χ1) is 8.14. The summed E-state index contributed by atoms with van der Waals surface area (Å²) in [7, 11) is 0. The smallest absolute Gasteiger partial charge is 0.220 e. The van der Waals surface area contributed by atoms with E-state index in [0.717, 1.165) is 31.4 Å². The minimum atomic E-state index is -0.0344. The van der Waals surface area contributed by atoms with Crippen LogP contribution in [0.5, 0.6) is 0 Å². The Hall–Kier alpha value is -0.220. The molecule has 0 aromatic rings. The number of rotatable bonds is 6. The van der Waals surface area contributed by atoms with E-state index < -0.39 is 0 Å². The van der Waals surface area contributed by atoms with Gasteiger partial charge in [0.05, 0.1) is 6.61 Å². The first-order valence-corrected chi connectivity index (χ1v) is 7.25. The number of amides is 1. The Morgan fingerprint density at radius 3 is 2.29 bits per heavy atom. The highest BCUT2D eigenvalue weighted by Gasteiger charge is 2.43. The van der Waals surface area contributed by atoms with Crippen molar-refractivity contribution in [2.75, 3.05) is 18.9 Å². The van der Waals surface area contributed by atoms with Crippen LogP contribution in [0.15, 0.2) is 0 Å². The van der Waals surface area contributed by atoms with Gasteiger partial charge < -0.3 is 10.4 Å². The Bertz CT molecular complexity index is 283. The van der Waals surface area contributed by atoms with Crippen molar-refractivity contribution >= 4 is 18.5 Å². The van der Waals surface area contributed by atoms with Crippen LogP contribution in [0.4, 0.5) is 0 Å². The normalized spacial score (nSPS) is 24.6. The number of carbonyl (C=O) groups excluding carboxylic acids is 1. The zero-order valence-corrected chi connectivity index (χ0v) is 11.3. The fourth-order valence-corrected chi connectivity index (χ4v) is 3.20. The molecule has 0 aromatic heterocycles. The lowest BCUT2D eigenvalue weighted by molar-refractivity contribution is -0.122. The molecule has 0 spiro atoms. The van der Waals surface area contributed by atoms with Crippen LogP contribution in [-0.4, -0.2) is 29.9 Å². The Morgan fingerprint density at radius 2 is 1.82 bits per heavy atom. The molecular formula is C13H23NO2S. The lowest BCUT2D eigenvalue weighted by Gasteiger charge is -2.27. The van der Waals surface area contributed by atoms with Gasteiger partial charge in [-0.2, -0.15) is 12.6 Å². The average molecular weight is 257 g/mol. The average Bonchev–Trinajstić information content (AvgIpc) is 2.95. The van der Waals surface area contributed by atoms with Crippen molar-refractivity contribution in [3.63, 3.8) is 0 Å². The maximum atomic E-state index is 11.8. The van der Waals surface area contributed by atoms with Gasteiger partial charge in [-0.3, -0.25) is 4.79 Å². The zero-order valence-electron chi connectivity index (χ0n) is 10.4. The molecule has 0 atom stereocenters. The van der Waals surface area contributed by atoms with Crippen LogP contribution in [0, 0.1) is 10.8 Å². The van der Waals surface area contributed by atoms with Crippen LogP contribution in [0.1, 0.15) is 44.9 Å². The molecule has 0 aliphatic heterocycles. The fourth-order valence-electron chi connectivity index (χ4n) is 2.77. The van der Waals surface area contributed by atoms with Crippen molar-refractivity contribution in [3.8, 4) is 0 Å². The SMILES string of the molecule is O=C(CC1(CS)CC1)NCC1(CO)CCCC1. The minimum Gasteiger partial charge on any atom is -0.396 e. The van der Waals surface area contributed by atoms with E-state index >= 15 is 0 Å². The molecule has 0 aromatic carbocycles. The zero-order chi connectivity index (χ0) is 12.4. The Balaban J connectivity index is 1.75. The second kappa shape index (κ2) is 5.19. The van der Waals surface area contributed by atoms with E-state index in [1.54, 1.807) is 0 Å². The summed E-state index contributed by atoms with van der Waals surface area (Å²) in [5.74, 6) is 0.947. The number of hydrogen-bond donors (Lipinski definition) is 3. The number of aliphatic hydroxyl groups is 1. The topological polar surface area (TPSA) is 49.3 Å². The molecule has 2 fully saturated rings. The highest BCUT2D eigenvalue weighted by Crippen LogP contribution is 2.49. The molecule has 2 aliphatic carbocycles. The molecule has 0 bridgehead atoms. The molecule has 2 rings (SSSR count). The third-order valence-corrected chi connectivity index (χ3v) is 5.16. The van der Waals surface area contributed by atoms with Gasteiger partial charge >= 0.3 is 0 Å². The highest BCUT2D eigenvalue weighted by molar-refractivity contribution is 7.80. The minimum absolute atomic E-state index is 0.0344. The van der Waals surface area contributed by atoms with Gasteiger partial charge in [0.15, 0.2) is 0 Å². The van der Waals surface area contributed by atoms with E-state index in [9.17, 15) is 9.90 Å². The van der Waals surface area contributed by atoms with Crippen LogP contribution < -0.4 is 5.32 Å². The van der Waals surface area contributed by atoms with Crippen molar-refractivity contribution in [2.24, 2.45) is 10.8 Å². The van der Waals surface area contributed by atoms with Gasteiger partial charge in [0, 0.05) is 18.4 Å². The van der Waals surface area contributed by atoms with Gasteiger partial charge in [0.1, 0.15) is 0 Å². The van der Waals surface area contributed by atoms with Crippen molar-refractivity contribution in [1.29, 1.82) is 0 Å². The summed E-state index contributed by atoms with van der Waals surface area (Å²) in [5, 5.41) is 12.5. The van der Waals surface area contributed by atoms with Crippen molar-refractivity contribution in [3.05, 3.63) is 0 Å². The third kappa shape index (κ3) is 3.16. The Labute approximate surface area is 109 Å². The summed E-state index contributed by atoms with van der Waals surface area (Å²) in [5.41, 5.74) is 0.155. The van der Waals surface area contributed by atoms with Gasteiger partial charge in [0.2, 0.25) is 5.91 Å². The summed E-state index contributed by atoms with van der Waals surface area (Å²) in [4.78, 5) is 11.8. The van der Waals surface area contributed by atoms with E-state index in [0.29, 0.717) is 13.0 Å². The summed E-state index contributed by atoms with van der Waals surface area (Å²) in [6.45, 7) is 0.843. The summed E-state index contributed by atoms with van der Waals surface area (Å²) < 4.78 is 0. The first kappa shape index (κ1) is 13.2. The first-order valence-electron chi connectivity index (χ1n) is 6.62.